The molecule has 0 heterocycles. The van der Waals surface area contributed by atoms with E-state index in [9.17, 15) is 8.78 Å². The van der Waals surface area contributed by atoms with Crippen LogP contribution in [0.2, 0.25) is 0 Å². The second-order valence-corrected chi connectivity index (χ2v) is 7.64. The number of halogens is 2. The van der Waals surface area contributed by atoms with Crippen LogP contribution in [0.15, 0.2) is 67.2 Å². The first-order valence-electron chi connectivity index (χ1n) is 9.85. The molecule has 3 aromatic carbocycles. The standard InChI is InChI=1S/C25H27F2NO/c1-17(2)28-18(3)22-16-12-20-7-5-6-8-23(20)24(22)15-11-19-9-13-21(14-10-19)29-25(4,26)27/h5-10,12-14,16-17,28H,3,11,15H2,1-2,4H3. The van der Waals surface area contributed by atoms with Gasteiger partial charge >= 0.3 is 6.11 Å². The van der Waals surface area contributed by atoms with Gasteiger partial charge in [-0.15, -0.1) is 0 Å². The molecule has 0 saturated carbocycles. The molecule has 2 nitrogen and oxygen atoms in total. The van der Waals surface area contributed by atoms with Gasteiger partial charge in [-0.1, -0.05) is 55.1 Å². The molecule has 0 aliphatic heterocycles. The van der Waals surface area contributed by atoms with Crippen LogP contribution in [0.25, 0.3) is 16.5 Å². The SMILES string of the molecule is C=C(NC(C)C)c1ccc2ccccc2c1CCc1ccc(OC(C)(F)F)cc1. The van der Waals surface area contributed by atoms with Gasteiger partial charge in [-0.3, -0.25) is 0 Å². The molecule has 0 bridgehead atoms. The molecule has 0 radical (unpaired) electrons. The van der Waals surface area contributed by atoms with Gasteiger partial charge in [0.25, 0.3) is 0 Å². The van der Waals surface area contributed by atoms with Gasteiger partial charge in [0, 0.05) is 24.2 Å². The van der Waals surface area contributed by atoms with Crippen molar-refractivity contribution >= 4 is 16.5 Å². The highest BCUT2D eigenvalue weighted by molar-refractivity contribution is 5.90. The first-order valence-corrected chi connectivity index (χ1v) is 9.85. The van der Waals surface area contributed by atoms with Crippen LogP contribution in [-0.4, -0.2) is 12.2 Å². The monoisotopic (exact) mass is 395 g/mol. The number of aryl methyl sites for hydroxylation is 2. The molecule has 0 saturated heterocycles. The van der Waals surface area contributed by atoms with Gasteiger partial charge in [0.15, 0.2) is 0 Å². The lowest BCUT2D eigenvalue weighted by Crippen LogP contribution is -2.21. The Hall–Kier alpha value is -2.88. The van der Waals surface area contributed by atoms with Crippen molar-refractivity contribution in [1.29, 1.82) is 0 Å². The minimum absolute atomic E-state index is 0.168. The third-order valence-corrected chi connectivity index (χ3v) is 4.71. The van der Waals surface area contributed by atoms with E-state index >= 15 is 0 Å². The van der Waals surface area contributed by atoms with E-state index in [1.807, 2.05) is 24.3 Å². The first kappa shape index (κ1) is 20.8. The summed E-state index contributed by atoms with van der Waals surface area (Å²) in [5.74, 6) is 0.168. The maximum Gasteiger partial charge on any atom is 0.394 e. The molecular weight excluding hydrogens is 368 g/mol. The molecule has 0 aliphatic rings. The van der Waals surface area contributed by atoms with E-state index in [2.05, 4.69) is 54.7 Å². The summed E-state index contributed by atoms with van der Waals surface area (Å²) < 4.78 is 30.6. The van der Waals surface area contributed by atoms with Crippen molar-refractivity contribution in [3.63, 3.8) is 0 Å². The summed E-state index contributed by atoms with van der Waals surface area (Å²) in [4.78, 5) is 0. The van der Waals surface area contributed by atoms with Gasteiger partial charge in [0.2, 0.25) is 0 Å². The minimum atomic E-state index is -3.18. The van der Waals surface area contributed by atoms with Crippen LogP contribution in [0.1, 0.15) is 37.5 Å². The Morgan fingerprint density at radius 2 is 1.69 bits per heavy atom. The zero-order valence-corrected chi connectivity index (χ0v) is 17.1. The minimum Gasteiger partial charge on any atom is -0.433 e. The van der Waals surface area contributed by atoms with Crippen LogP contribution in [0, 0.1) is 0 Å². The van der Waals surface area contributed by atoms with E-state index in [1.54, 1.807) is 12.1 Å². The topological polar surface area (TPSA) is 21.3 Å². The van der Waals surface area contributed by atoms with E-state index in [4.69, 9.17) is 0 Å². The zero-order chi connectivity index (χ0) is 21.0. The molecule has 0 spiro atoms. The molecule has 3 rings (SSSR count). The van der Waals surface area contributed by atoms with Crippen molar-refractivity contribution in [2.75, 3.05) is 0 Å². The predicted octanol–water partition coefficient (Wildman–Crippen LogP) is 6.59. The van der Waals surface area contributed by atoms with E-state index in [0.29, 0.717) is 6.04 Å². The van der Waals surface area contributed by atoms with Crippen LogP contribution in [-0.2, 0) is 12.8 Å². The van der Waals surface area contributed by atoms with Gasteiger partial charge < -0.3 is 10.1 Å². The Bertz CT molecular complexity index is 988. The Morgan fingerprint density at radius 1 is 1.00 bits per heavy atom. The third kappa shape index (κ3) is 5.57. The number of alkyl halides is 2. The van der Waals surface area contributed by atoms with Crippen molar-refractivity contribution < 1.29 is 13.5 Å². The summed E-state index contributed by atoms with van der Waals surface area (Å²) in [6, 6.07) is 19.7. The van der Waals surface area contributed by atoms with Crippen LogP contribution in [0.4, 0.5) is 8.78 Å². The fourth-order valence-electron chi connectivity index (χ4n) is 3.51. The maximum absolute atomic E-state index is 13.0. The number of hydrogen-bond acceptors (Lipinski definition) is 2. The lowest BCUT2D eigenvalue weighted by atomic mass is 9.92. The second-order valence-electron chi connectivity index (χ2n) is 7.64. The number of nitrogens with one attached hydrogen (secondary N) is 1. The second kappa shape index (κ2) is 8.64. The largest absolute Gasteiger partial charge is 0.433 e. The lowest BCUT2D eigenvalue weighted by molar-refractivity contribution is -0.158. The molecule has 0 fully saturated rings. The summed E-state index contributed by atoms with van der Waals surface area (Å²) in [6.45, 7) is 9.16. The van der Waals surface area contributed by atoms with Crippen molar-refractivity contribution in [1.82, 2.24) is 5.32 Å². The van der Waals surface area contributed by atoms with E-state index in [1.165, 1.54) is 16.3 Å². The summed E-state index contributed by atoms with van der Waals surface area (Å²) in [6.07, 6.45) is -1.57. The fourth-order valence-corrected chi connectivity index (χ4v) is 3.51. The Kier molecular flexibility index (Phi) is 6.21. The van der Waals surface area contributed by atoms with Gasteiger partial charge in [-0.05, 0) is 60.7 Å². The predicted molar refractivity (Wildman–Crippen MR) is 116 cm³/mol. The fraction of sp³-hybridized carbons (Fsp3) is 0.280. The number of rotatable bonds is 8. The number of ether oxygens (including phenoxy) is 1. The lowest BCUT2D eigenvalue weighted by Gasteiger charge is -2.19. The van der Waals surface area contributed by atoms with Crippen LogP contribution >= 0.6 is 0 Å². The first-order chi connectivity index (χ1) is 13.7. The van der Waals surface area contributed by atoms with E-state index in [0.717, 1.165) is 36.6 Å². The summed E-state index contributed by atoms with van der Waals surface area (Å²) in [5.41, 5.74) is 4.33. The van der Waals surface area contributed by atoms with E-state index < -0.39 is 6.11 Å². The highest BCUT2D eigenvalue weighted by Crippen LogP contribution is 2.28. The van der Waals surface area contributed by atoms with Gasteiger partial charge in [0.1, 0.15) is 5.75 Å². The molecule has 0 unspecified atom stereocenters. The normalized spacial score (nSPS) is 11.7. The highest BCUT2D eigenvalue weighted by atomic mass is 19.3. The van der Waals surface area contributed by atoms with Gasteiger partial charge in [-0.2, -0.15) is 8.78 Å². The molecule has 3 aromatic rings. The number of benzene rings is 3. The van der Waals surface area contributed by atoms with Gasteiger partial charge in [-0.25, -0.2) is 0 Å². The molecule has 4 heteroatoms. The average Bonchev–Trinajstić information content (AvgIpc) is 2.65. The molecule has 152 valence electrons. The molecule has 0 aliphatic carbocycles. The molecule has 29 heavy (non-hydrogen) atoms. The molecule has 0 amide bonds. The Morgan fingerprint density at radius 3 is 2.34 bits per heavy atom. The van der Waals surface area contributed by atoms with Crippen LogP contribution in [0.5, 0.6) is 5.75 Å². The average molecular weight is 395 g/mol. The number of hydrogen-bond donors (Lipinski definition) is 1. The van der Waals surface area contributed by atoms with Crippen LogP contribution in [0.3, 0.4) is 0 Å². The van der Waals surface area contributed by atoms with Crippen molar-refractivity contribution in [3.05, 3.63) is 83.9 Å². The van der Waals surface area contributed by atoms with E-state index in [-0.39, 0.29) is 5.75 Å². The quantitative estimate of drug-likeness (QED) is 0.465. The molecular formula is C25H27F2NO. The zero-order valence-electron chi connectivity index (χ0n) is 17.1. The molecule has 0 aromatic heterocycles. The molecule has 0 atom stereocenters. The Labute approximate surface area is 171 Å². The van der Waals surface area contributed by atoms with Gasteiger partial charge in [0.05, 0.1) is 0 Å². The van der Waals surface area contributed by atoms with Crippen molar-refractivity contribution in [2.45, 2.75) is 45.8 Å². The summed E-state index contributed by atoms with van der Waals surface area (Å²) in [5, 5.41) is 5.81. The number of fused-ring (bicyclic) bond motifs is 1. The summed E-state index contributed by atoms with van der Waals surface area (Å²) >= 11 is 0. The van der Waals surface area contributed by atoms with Crippen molar-refractivity contribution in [2.24, 2.45) is 0 Å². The smallest absolute Gasteiger partial charge is 0.394 e. The third-order valence-electron chi connectivity index (χ3n) is 4.71. The van der Waals surface area contributed by atoms with Crippen LogP contribution < -0.4 is 10.1 Å². The summed E-state index contributed by atoms with van der Waals surface area (Å²) in [7, 11) is 0. The maximum atomic E-state index is 13.0. The Balaban J connectivity index is 1.85. The molecule has 1 N–H and O–H groups in total. The van der Waals surface area contributed by atoms with Crippen molar-refractivity contribution in [3.8, 4) is 5.75 Å². The highest BCUT2D eigenvalue weighted by Gasteiger charge is 2.22.